The van der Waals surface area contributed by atoms with E-state index in [9.17, 15) is 4.79 Å². The predicted molar refractivity (Wildman–Crippen MR) is 97.7 cm³/mol. The van der Waals surface area contributed by atoms with E-state index >= 15 is 0 Å². The maximum Gasteiger partial charge on any atom is 0.221 e. The minimum atomic E-state index is -0.0782. The molecular formula is C20H23NO3. The van der Waals surface area contributed by atoms with Crippen molar-refractivity contribution in [3.8, 4) is 11.5 Å². The Morgan fingerprint density at radius 2 is 1.75 bits per heavy atom. The zero-order chi connectivity index (χ0) is 17.5. The van der Waals surface area contributed by atoms with E-state index in [0.717, 1.165) is 33.9 Å². The van der Waals surface area contributed by atoms with Crippen molar-refractivity contribution in [2.75, 3.05) is 19.0 Å². The summed E-state index contributed by atoms with van der Waals surface area (Å²) in [6.45, 7) is 6.03. The number of carbonyl (C=O) groups excluding carboxylic acids is 1. The van der Waals surface area contributed by atoms with Gasteiger partial charge in [0.05, 0.1) is 13.7 Å². The Labute approximate surface area is 143 Å². The standard InChI is InChI=1S/C20H23NO3/c1-5-18(15-7-10-17(11-8-15)21-14(3)22)16-9-12-19(23-4)20(13-16)24-6-2/h5,7-13H,6H2,1-4H3,(H,21,22)/b18-5-. The number of hydrogen-bond acceptors (Lipinski definition) is 3. The van der Waals surface area contributed by atoms with E-state index in [2.05, 4.69) is 11.4 Å². The summed E-state index contributed by atoms with van der Waals surface area (Å²) in [5.41, 5.74) is 3.99. The van der Waals surface area contributed by atoms with Gasteiger partial charge in [0.1, 0.15) is 0 Å². The van der Waals surface area contributed by atoms with Gasteiger partial charge in [-0.25, -0.2) is 0 Å². The van der Waals surface area contributed by atoms with Crippen LogP contribution in [0.1, 0.15) is 31.9 Å². The number of nitrogens with one attached hydrogen (secondary N) is 1. The van der Waals surface area contributed by atoms with Crippen LogP contribution in [0.15, 0.2) is 48.5 Å². The smallest absolute Gasteiger partial charge is 0.221 e. The second-order valence-corrected chi connectivity index (χ2v) is 5.26. The number of amides is 1. The van der Waals surface area contributed by atoms with Crippen LogP contribution in [0.25, 0.3) is 5.57 Å². The normalized spacial score (nSPS) is 11.1. The number of ether oxygens (including phenoxy) is 2. The summed E-state index contributed by atoms with van der Waals surface area (Å²) in [7, 11) is 1.63. The third kappa shape index (κ3) is 4.16. The first-order valence-electron chi connectivity index (χ1n) is 7.94. The summed E-state index contributed by atoms with van der Waals surface area (Å²) in [4.78, 5) is 11.1. The molecule has 0 saturated heterocycles. The topological polar surface area (TPSA) is 47.6 Å². The van der Waals surface area contributed by atoms with Gasteiger partial charge >= 0.3 is 0 Å². The second-order valence-electron chi connectivity index (χ2n) is 5.26. The molecule has 0 aromatic heterocycles. The van der Waals surface area contributed by atoms with Gasteiger partial charge < -0.3 is 14.8 Å². The molecule has 4 nitrogen and oxygen atoms in total. The van der Waals surface area contributed by atoms with Crippen molar-refractivity contribution in [3.63, 3.8) is 0 Å². The lowest BCUT2D eigenvalue weighted by Gasteiger charge is -2.14. The molecule has 0 spiro atoms. The van der Waals surface area contributed by atoms with Crippen molar-refractivity contribution in [2.24, 2.45) is 0 Å². The Morgan fingerprint density at radius 1 is 1.08 bits per heavy atom. The second kappa shape index (κ2) is 8.20. The van der Waals surface area contributed by atoms with Crippen molar-refractivity contribution in [1.29, 1.82) is 0 Å². The molecule has 24 heavy (non-hydrogen) atoms. The maximum absolute atomic E-state index is 11.1. The number of hydrogen-bond donors (Lipinski definition) is 1. The molecule has 2 rings (SSSR count). The number of anilines is 1. The molecule has 0 aliphatic rings. The first-order chi connectivity index (χ1) is 11.6. The highest BCUT2D eigenvalue weighted by Gasteiger charge is 2.10. The fourth-order valence-electron chi connectivity index (χ4n) is 2.55. The van der Waals surface area contributed by atoms with Crippen LogP contribution in [0.5, 0.6) is 11.5 Å². The Balaban J connectivity index is 2.34. The van der Waals surface area contributed by atoms with Crippen LogP contribution in [0, 0.1) is 0 Å². The largest absolute Gasteiger partial charge is 0.493 e. The highest BCUT2D eigenvalue weighted by atomic mass is 16.5. The molecular weight excluding hydrogens is 302 g/mol. The number of benzene rings is 2. The zero-order valence-corrected chi connectivity index (χ0v) is 14.6. The molecule has 126 valence electrons. The van der Waals surface area contributed by atoms with Crippen LogP contribution in [-0.2, 0) is 4.79 Å². The average molecular weight is 325 g/mol. The van der Waals surface area contributed by atoms with E-state index in [1.54, 1.807) is 7.11 Å². The lowest BCUT2D eigenvalue weighted by molar-refractivity contribution is -0.114. The van der Waals surface area contributed by atoms with Crippen molar-refractivity contribution in [1.82, 2.24) is 0 Å². The van der Waals surface area contributed by atoms with Crippen LogP contribution < -0.4 is 14.8 Å². The van der Waals surface area contributed by atoms with E-state index < -0.39 is 0 Å². The van der Waals surface area contributed by atoms with E-state index in [0.29, 0.717) is 6.61 Å². The molecule has 0 aliphatic heterocycles. The monoisotopic (exact) mass is 325 g/mol. The average Bonchev–Trinajstić information content (AvgIpc) is 2.57. The first-order valence-corrected chi connectivity index (χ1v) is 7.94. The Hall–Kier alpha value is -2.75. The molecule has 0 atom stereocenters. The van der Waals surface area contributed by atoms with Crippen LogP contribution >= 0.6 is 0 Å². The highest BCUT2D eigenvalue weighted by Crippen LogP contribution is 2.33. The summed E-state index contributed by atoms with van der Waals surface area (Å²) >= 11 is 0. The van der Waals surface area contributed by atoms with Gasteiger partial charge in [0.25, 0.3) is 0 Å². The van der Waals surface area contributed by atoms with E-state index in [1.807, 2.05) is 56.3 Å². The highest BCUT2D eigenvalue weighted by molar-refractivity contribution is 5.89. The molecule has 1 amide bonds. The van der Waals surface area contributed by atoms with Crippen molar-refractivity contribution >= 4 is 17.2 Å². The third-order valence-electron chi connectivity index (χ3n) is 3.58. The number of rotatable bonds is 6. The molecule has 0 aliphatic carbocycles. The Kier molecular flexibility index (Phi) is 6.01. The molecule has 0 saturated carbocycles. The maximum atomic E-state index is 11.1. The van der Waals surface area contributed by atoms with Crippen LogP contribution in [-0.4, -0.2) is 19.6 Å². The molecule has 0 unspecified atom stereocenters. The summed E-state index contributed by atoms with van der Waals surface area (Å²) < 4.78 is 11.0. The van der Waals surface area contributed by atoms with Crippen molar-refractivity contribution < 1.29 is 14.3 Å². The van der Waals surface area contributed by atoms with Crippen molar-refractivity contribution in [3.05, 3.63) is 59.7 Å². The fourth-order valence-corrected chi connectivity index (χ4v) is 2.55. The van der Waals surface area contributed by atoms with Gasteiger partial charge in [0.15, 0.2) is 11.5 Å². The molecule has 1 N–H and O–H groups in total. The Morgan fingerprint density at radius 3 is 2.29 bits per heavy atom. The molecule has 0 radical (unpaired) electrons. The molecule has 2 aromatic rings. The quantitative estimate of drug-likeness (QED) is 0.850. The minimum absolute atomic E-state index is 0.0782. The zero-order valence-electron chi connectivity index (χ0n) is 14.6. The third-order valence-corrected chi connectivity index (χ3v) is 3.58. The van der Waals surface area contributed by atoms with Gasteiger partial charge in [-0.2, -0.15) is 0 Å². The van der Waals surface area contributed by atoms with Gasteiger partial charge in [-0.05, 0) is 54.8 Å². The predicted octanol–water partition coefficient (Wildman–Crippen LogP) is 4.50. The number of carbonyl (C=O) groups is 1. The molecule has 2 aromatic carbocycles. The van der Waals surface area contributed by atoms with Gasteiger partial charge in [-0.15, -0.1) is 0 Å². The van der Waals surface area contributed by atoms with Gasteiger partial charge in [-0.1, -0.05) is 24.3 Å². The molecule has 4 heteroatoms. The Bertz CT molecular complexity index is 733. The summed E-state index contributed by atoms with van der Waals surface area (Å²) in [5, 5.41) is 2.77. The molecule has 0 bridgehead atoms. The summed E-state index contributed by atoms with van der Waals surface area (Å²) in [6, 6.07) is 13.7. The summed E-state index contributed by atoms with van der Waals surface area (Å²) in [5.74, 6) is 1.37. The first kappa shape index (κ1) is 17.6. The lowest BCUT2D eigenvalue weighted by Crippen LogP contribution is -2.05. The molecule has 0 fully saturated rings. The van der Waals surface area contributed by atoms with Crippen LogP contribution in [0.4, 0.5) is 5.69 Å². The van der Waals surface area contributed by atoms with Gasteiger partial charge in [0, 0.05) is 12.6 Å². The molecule has 0 heterocycles. The number of methoxy groups -OCH3 is 1. The van der Waals surface area contributed by atoms with E-state index in [4.69, 9.17) is 9.47 Å². The van der Waals surface area contributed by atoms with Crippen LogP contribution in [0.3, 0.4) is 0 Å². The fraction of sp³-hybridized carbons (Fsp3) is 0.250. The minimum Gasteiger partial charge on any atom is -0.493 e. The van der Waals surface area contributed by atoms with Crippen molar-refractivity contribution in [2.45, 2.75) is 20.8 Å². The van der Waals surface area contributed by atoms with Gasteiger partial charge in [0.2, 0.25) is 5.91 Å². The van der Waals surface area contributed by atoms with E-state index in [1.165, 1.54) is 6.92 Å². The van der Waals surface area contributed by atoms with Crippen LogP contribution in [0.2, 0.25) is 0 Å². The van der Waals surface area contributed by atoms with Gasteiger partial charge in [-0.3, -0.25) is 4.79 Å². The van der Waals surface area contributed by atoms with E-state index in [-0.39, 0.29) is 5.91 Å². The number of allylic oxidation sites excluding steroid dienone is 1. The lowest BCUT2D eigenvalue weighted by atomic mass is 9.97. The summed E-state index contributed by atoms with van der Waals surface area (Å²) in [6.07, 6.45) is 2.06. The SMILES string of the molecule is C/C=C(/c1ccc(NC(C)=O)cc1)c1ccc(OC)c(OCC)c1.